The quantitative estimate of drug-likeness (QED) is 0.753. The summed E-state index contributed by atoms with van der Waals surface area (Å²) < 4.78 is 8.37. The second-order valence-electron chi connectivity index (χ2n) is 5.21. The smallest absolute Gasteiger partial charge is 0.225 e. The third-order valence-electron chi connectivity index (χ3n) is 3.04. The molecular formula is C16H20BrN3O2. The van der Waals surface area contributed by atoms with E-state index in [2.05, 4.69) is 26.3 Å². The van der Waals surface area contributed by atoms with Crippen LogP contribution in [0.2, 0.25) is 0 Å². The molecule has 2 aromatic rings. The molecule has 1 aromatic heterocycles. The summed E-state index contributed by atoms with van der Waals surface area (Å²) in [5.74, 6) is 1.50. The van der Waals surface area contributed by atoms with E-state index in [1.807, 2.05) is 38.1 Å². The molecular weight excluding hydrogens is 346 g/mol. The van der Waals surface area contributed by atoms with Crippen LogP contribution in [0.1, 0.15) is 32.7 Å². The zero-order valence-electron chi connectivity index (χ0n) is 12.8. The number of anilines is 1. The number of benzene rings is 1. The molecule has 0 spiro atoms. The van der Waals surface area contributed by atoms with Gasteiger partial charge in [0.1, 0.15) is 11.6 Å². The number of carbonyl (C=O) groups is 1. The first kappa shape index (κ1) is 16.5. The van der Waals surface area contributed by atoms with Gasteiger partial charge >= 0.3 is 0 Å². The Bertz CT molecular complexity index is 625. The van der Waals surface area contributed by atoms with E-state index in [1.165, 1.54) is 0 Å². The van der Waals surface area contributed by atoms with Gasteiger partial charge in [-0.1, -0.05) is 22.0 Å². The van der Waals surface area contributed by atoms with Crippen LogP contribution in [0.15, 0.2) is 41.0 Å². The molecule has 1 N–H and O–H groups in total. The minimum absolute atomic E-state index is 0.0276. The van der Waals surface area contributed by atoms with Crippen LogP contribution in [-0.4, -0.2) is 22.3 Å². The molecule has 118 valence electrons. The maximum absolute atomic E-state index is 11.9. The van der Waals surface area contributed by atoms with E-state index in [4.69, 9.17) is 4.74 Å². The fourth-order valence-electron chi connectivity index (χ4n) is 2.01. The molecule has 1 heterocycles. The molecule has 1 amide bonds. The zero-order valence-corrected chi connectivity index (χ0v) is 14.3. The summed E-state index contributed by atoms with van der Waals surface area (Å²) in [6.45, 7) is 4.55. The minimum Gasteiger partial charge on any atom is -0.494 e. The van der Waals surface area contributed by atoms with Crippen LogP contribution in [0, 0.1) is 0 Å². The highest BCUT2D eigenvalue weighted by molar-refractivity contribution is 9.10. The van der Waals surface area contributed by atoms with Crippen molar-refractivity contribution in [1.82, 2.24) is 9.78 Å². The largest absolute Gasteiger partial charge is 0.494 e. The number of ether oxygens (including phenoxy) is 1. The van der Waals surface area contributed by atoms with E-state index in [9.17, 15) is 4.79 Å². The lowest BCUT2D eigenvalue weighted by Crippen LogP contribution is -2.17. The van der Waals surface area contributed by atoms with Crippen molar-refractivity contribution in [3.8, 4) is 5.75 Å². The first-order valence-corrected chi connectivity index (χ1v) is 8.07. The summed E-state index contributed by atoms with van der Waals surface area (Å²) in [5.41, 5.74) is 0. The predicted molar refractivity (Wildman–Crippen MR) is 90.1 cm³/mol. The van der Waals surface area contributed by atoms with Gasteiger partial charge in [-0.3, -0.25) is 4.79 Å². The van der Waals surface area contributed by atoms with Crippen molar-refractivity contribution in [3.63, 3.8) is 0 Å². The summed E-state index contributed by atoms with van der Waals surface area (Å²) in [6, 6.07) is 9.67. The Labute approximate surface area is 138 Å². The van der Waals surface area contributed by atoms with Crippen LogP contribution in [0.4, 0.5) is 5.82 Å². The number of hydrogen-bond acceptors (Lipinski definition) is 3. The molecule has 0 atom stereocenters. The van der Waals surface area contributed by atoms with Crippen LogP contribution in [0.5, 0.6) is 5.75 Å². The molecule has 2 rings (SSSR count). The van der Waals surface area contributed by atoms with Crippen molar-refractivity contribution in [2.45, 2.75) is 32.7 Å². The molecule has 0 aliphatic rings. The van der Waals surface area contributed by atoms with Crippen molar-refractivity contribution in [2.75, 3.05) is 11.9 Å². The molecule has 0 radical (unpaired) electrons. The minimum atomic E-state index is -0.0276. The van der Waals surface area contributed by atoms with Gasteiger partial charge in [-0.15, -0.1) is 0 Å². The topological polar surface area (TPSA) is 56.2 Å². The number of halogens is 1. The number of amides is 1. The lowest BCUT2D eigenvalue weighted by atomic mass is 10.3. The van der Waals surface area contributed by atoms with E-state index in [1.54, 1.807) is 16.9 Å². The highest BCUT2D eigenvalue weighted by atomic mass is 79.9. The van der Waals surface area contributed by atoms with Gasteiger partial charge in [0.05, 0.1) is 12.8 Å². The molecule has 0 saturated carbocycles. The SMILES string of the molecule is CC(C)n1nccc1NC(=O)CCCOc1cccc(Br)c1. The van der Waals surface area contributed by atoms with Gasteiger partial charge in [0.15, 0.2) is 0 Å². The lowest BCUT2D eigenvalue weighted by molar-refractivity contribution is -0.116. The molecule has 0 unspecified atom stereocenters. The Morgan fingerprint density at radius 1 is 1.41 bits per heavy atom. The van der Waals surface area contributed by atoms with Crippen molar-refractivity contribution in [2.24, 2.45) is 0 Å². The Hall–Kier alpha value is -1.82. The average molecular weight is 366 g/mol. The molecule has 22 heavy (non-hydrogen) atoms. The normalized spacial score (nSPS) is 10.7. The number of hydrogen-bond donors (Lipinski definition) is 1. The lowest BCUT2D eigenvalue weighted by Gasteiger charge is -2.12. The molecule has 6 heteroatoms. The first-order chi connectivity index (χ1) is 10.6. The molecule has 0 saturated heterocycles. The Morgan fingerprint density at radius 2 is 2.23 bits per heavy atom. The van der Waals surface area contributed by atoms with E-state index in [0.717, 1.165) is 16.0 Å². The second-order valence-corrected chi connectivity index (χ2v) is 6.13. The standard InChI is InChI=1S/C16H20BrN3O2/c1-12(2)20-15(8-9-18-20)19-16(21)7-4-10-22-14-6-3-5-13(17)11-14/h3,5-6,8-9,11-12H,4,7,10H2,1-2H3,(H,19,21). The third-order valence-corrected chi connectivity index (χ3v) is 3.53. The molecule has 0 bridgehead atoms. The summed E-state index contributed by atoms with van der Waals surface area (Å²) in [7, 11) is 0. The summed E-state index contributed by atoms with van der Waals surface area (Å²) in [4.78, 5) is 11.9. The monoisotopic (exact) mass is 365 g/mol. The molecule has 0 aliphatic carbocycles. The van der Waals surface area contributed by atoms with Gasteiger partial charge < -0.3 is 10.1 Å². The highest BCUT2D eigenvalue weighted by Crippen LogP contribution is 2.18. The van der Waals surface area contributed by atoms with Crippen molar-refractivity contribution < 1.29 is 9.53 Å². The first-order valence-electron chi connectivity index (χ1n) is 7.28. The average Bonchev–Trinajstić information content (AvgIpc) is 2.92. The summed E-state index contributed by atoms with van der Waals surface area (Å²) in [5, 5.41) is 7.06. The maximum Gasteiger partial charge on any atom is 0.225 e. The molecule has 0 aliphatic heterocycles. The van der Waals surface area contributed by atoms with Crippen molar-refractivity contribution >= 4 is 27.7 Å². The molecule has 1 aromatic carbocycles. The second kappa shape index (κ2) is 7.98. The fraction of sp³-hybridized carbons (Fsp3) is 0.375. The van der Waals surface area contributed by atoms with Crippen molar-refractivity contribution in [1.29, 1.82) is 0 Å². The molecule has 5 nitrogen and oxygen atoms in total. The highest BCUT2D eigenvalue weighted by Gasteiger charge is 2.09. The van der Waals surface area contributed by atoms with Crippen LogP contribution in [-0.2, 0) is 4.79 Å². The van der Waals surface area contributed by atoms with Crippen LogP contribution >= 0.6 is 15.9 Å². The van der Waals surface area contributed by atoms with Gasteiger partial charge in [-0.05, 0) is 38.5 Å². The third kappa shape index (κ3) is 4.87. The van der Waals surface area contributed by atoms with Gasteiger partial charge in [0.2, 0.25) is 5.91 Å². The van der Waals surface area contributed by atoms with E-state index < -0.39 is 0 Å². The number of aromatic nitrogens is 2. The van der Waals surface area contributed by atoms with Crippen LogP contribution in [0.25, 0.3) is 0 Å². The predicted octanol–water partition coefficient (Wildman–Crippen LogP) is 4.02. The zero-order chi connectivity index (χ0) is 15.9. The van der Waals surface area contributed by atoms with E-state index in [0.29, 0.717) is 19.4 Å². The van der Waals surface area contributed by atoms with Gasteiger partial charge in [-0.2, -0.15) is 5.10 Å². The van der Waals surface area contributed by atoms with Gasteiger partial charge in [0, 0.05) is 23.0 Å². The van der Waals surface area contributed by atoms with Gasteiger partial charge in [-0.25, -0.2) is 4.68 Å². The number of nitrogens with zero attached hydrogens (tertiary/aromatic N) is 2. The van der Waals surface area contributed by atoms with E-state index in [-0.39, 0.29) is 11.9 Å². The molecule has 0 fully saturated rings. The van der Waals surface area contributed by atoms with Crippen LogP contribution in [0.3, 0.4) is 0 Å². The Morgan fingerprint density at radius 3 is 2.95 bits per heavy atom. The Balaban J connectivity index is 1.73. The van der Waals surface area contributed by atoms with Crippen LogP contribution < -0.4 is 10.1 Å². The maximum atomic E-state index is 11.9. The summed E-state index contributed by atoms with van der Waals surface area (Å²) >= 11 is 3.39. The fourth-order valence-corrected chi connectivity index (χ4v) is 2.39. The van der Waals surface area contributed by atoms with E-state index >= 15 is 0 Å². The van der Waals surface area contributed by atoms with Gasteiger partial charge in [0.25, 0.3) is 0 Å². The van der Waals surface area contributed by atoms with Crippen molar-refractivity contribution in [3.05, 3.63) is 41.0 Å². The number of carbonyl (C=O) groups excluding carboxylic acids is 1. The number of rotatable bonds is 7. The Kier molecular flexibility index (Phi) is 6.00. The summed E-state index contributed by atoms with van der Waals surface area (Å²) in [6.07, 6.45) is 2.76. The number of nitrogens with one attached hydrogen (secondary N) is 1.